The van der Waals surface area contributed by atoms with Gasteiger partial charge in [-0.3, -0.25) is 0 Å². The maximum absolute atomic E-state index is 5.83. The van der Waals surface area contributed by atoms with Gasteiger partial charge in [0.05, 0.1) is 0 Å². The maximum atomic E-state index is 5.83. The number of halogens is 2. The first-order valence-corrected chi connectivity index (χ1v) is 6.25. The lowest BCUT2D eigenvalue weighted by molar-refractivity contribution is 1.40. The van der Waals surface area contributed by atoms with Gasteiger partial charge in [0.1, 0.15) is 10.3 Å². The number of fused-ring (bicyclic) bond motifs is 1. The average molecular weight is 298 g/mol. The van der Waals surface area contributed by atoms with Crippen LogP contribution in [0.5, 0.6) is 0 Å². The Hall–Kier alpha value is -1.36. The Morgan fingerprint density at radius 1 is 1.11 bits per heavy atom. The van der Waals surface area contributed by atoms with Gasteiger partial charge in [-0.05, 0) is 36.4 Å². The predicted octanol–water partition coefficient (Wildman–Crippen LogP) is 4.51. The molecule has 2 aromatic heterocycles. The topological polar surface area (TPSA) is 37.8 Å². The zero-order valence-electron chi connectivity index (χ0n) is 9.13. The third-order valence-corrected chi connectivity index (χ3v) is 3.41. The molecule has 0 saturated carbocycles. The summed E-state index contributed by atoms with van der Waals surface area (Å²) in [5.74, 6) is 0. The zero-order chi connectivity index (χ0) is 11.7. The van der Waals surface area contributed by atoms with E-state index in [4.69, 9.17) is 11.6 Å². The van der Waals surface area contributed by atoms with Crippen LogP contribution in [0, 0.1) is 0 Å². The van der Waals surface area contributed by atoms with Crippen molar-refractivity contribution < 1.29 is 0 Å². The van der Waals surface area contributed by atoms with E-state index in [1.165, 1.54) is 11.3 Å². The SMILES string of the molecule is Cl.Clc1ccc(Nc2nc3cccnc3s2)cc1. The van der Waals surface area contributed by atoms with Gasteiger partial charge in [0.15, 0.2) is 5.13 Å². The summed E-state index contributed by atoms with van der Waals surface area (Å²) in [4.78, 5) is 9.63. The lowest BCUT2D eigenvalue weighted by atomic mass is 10.3. The Bertz CT molecular complexity index is 619. The van der Waals surface area contributed by atoms with Gasteiger partial charge in [-0.1, -0.05) is 22.9 Å². The Balaban J connectivity index is 0.00000120. The van der Waals surface area contributed by atoms with Gasteiger partial charge in [0.25, 0.3) is 0 Å². The van der Waals surface area contributed by atoms with Gasteiger partial charge in [0.2, 0.25) is 0 Å². The van der Waals surface area contributed by atoms with Gasteiger partial charge in [-0.15, -0.1) is 12.4 Å². The summed E-state index contributed by atoms with van der Waals surface area (Å²) < 4.78 is 0. The molecule has 0 bridgehead atoms. The quantitative estimate of drug-likeness (QED) is 0.756. The molecule has 0 aliphatic heterocycles. The molecular formula is C12H9Cl2N3S. The molecular weight excluding hydrogens is 289 g/mol. The third kappa shape index (κ3) is 2.72. The number of anilines is 2. The van der Waals surface area contributed by atoms with Crippen molar-refractivity contribution in [1.29, 1.82) is 0 Å². The van der Waals surface area contributed by atoms with Crippen LogP contribution in [0.4, 0.5) is 10.8 Å². The molecule has 0 fully saturated rings. The third-order valence-electron chi connectivity index (χ3n) is 2.26. The number of benzene rings is 1. The number of nitrogens with zero attached hydrogens (tertiary/aromatic N) is 2. The van der Waals surface area contributed by atoms with E-state index in [1.807, 2.05) is 36.4 Å². The molecule has 2 heterocycles. The predicted molar refractivity (Wildman–Crippen MR) is 79.4 cm³/mol. The Kier molecular flexibility index (Phi) is 4.01. The molecule has 0 aliphatic rings. The first-order chi connectivity index (χ1) is 8.31. The summed E-state index contributed by atoms with van der Waals surface area (Å²) in [5, 5.41) is 4.79. The zero-order valence-corrected chi connectivity index (χ0v) is 11.5. The van der Waals surface area contributed by atoms with Crippen LogP contribution < -0.4 is 5.32 Å². The number of aromatic nitrogens is 2. The molecule has 1 aromatic carbocycles. The first kappa shape index (κ1) is 13.1. The molecule has 0 atom stereocenters. The fraction of sp³-hybridized carbons (Fsp3) is 0. The minimum Gasteiger partial charge on any atom is -0.331 e. The minimum absolute atomic E-state index is 0. The van der Waals surface area contributed by atoms with Crippen LogP contribution in [-0.2, 0) is 0 Å². The van der Waals surface area contributed by atoms with E-state index in [2.05, 4.69) is 15.3 Å². The lowest BCUT2D eigenvalue weighted by Crippen LogP contribution is -1.87. The molecule has 3 nitrogen and oxygen atoms in total. The van der Waals surface area contributed by atoms with Crippen molar-refractivity contribution in [3.05, 3.63) is 47.6 Å². The number of nitrogens with one attached hydrogen (secondary N) is 1. The lowest BCUT2D eigenvalue weighted by Gasteiger charge is -2.01. The van der Waals surface area contributed by atoms with E-state index in [0.29, 0.717) is 0 Å². The monoisotopic (exact) mass is 297 g/mol. The molecule has 0 aliphatic carbocycles. The van der Waals surface area contributed by atoms with Crippen molar-refractivity contribution in [1.82, 2.24) is 9.97 Å². The molecule has 3 aromatic rings. The number of hydrogen-bond donors (Lipinski definition) is 1. The van der Waals surface area contributed by atoms with Gasteiger partial charge in [0, 0.05) is 16.9 Å². The molecule has 92 valence electrons. The highest BCUT2D eigenvalue weighted by atomic mass is 35.5. The highest BCUT2D eigenvalue weighted by molar-refractivity contribution is 7.21. The van der Waals surface area contributed by atoms with Gasteiger partial charge in [-0.2, -0.15) is 0 Å². The Morgan fingerprint density at radius 2 is 1.89 bits per heavy atom. The van der Waals surface area contributed by atoms with E-state index < -0.39 is 0 Å². The summed E-state index contributed by atoms with van der Waals surface area (Å²) in [5.41, 5.74) is 1.88. The molecule has 0 spiro atoms. The van der Waals surface area contributed by atoms with E-state index in [0.717, 1.165) is 26.2 Å². The summed E-state index contributed by atoms with van der Waals surface area (Å²) in [6.07, 6.45) is 1.77. The number of thiazole rings is 1. The minimum atomic E-state index is 0. The van der Waals surface area contributed by atoms with E-state index >= 15 is 0 Å². The highest BCUT2D eigenvalue weighted by Gasteiger charge is 2.03. The van der Waals surface area contributed by atoms with Crippen LogP contribution >= 0.6 is 35.3 Å². The second-order valence-electron chi connectivity index (χ2n) is 3.48. The fourth-order valence-electron chi connectivity index (χ4n) is 1.48. The largest absolute Gasteiger partial charge is 0.331 e. The fourth-order valence-corrected chi connectivity index (χ4v) is 2.43. The number of hydrogen-bond acceptors (Lipinski definition) is 4. The van der Waals surface area contributed by atoms with Crippen LogP contribution in [0.15, 0.2) is 42.6 Å². The van der Waals surface area contributed by atoms with Crippen molar-refractivity contribution in [3.8, 4) is 0 Å². The summed E-state index contributed by atoms with van der Waals surface area (Å²) in [6.45, 7) is 0. The van der Waals surface area contributed by atoms with E-state index in [-0.39, 0.29) is 12.4 Å². The summed E-state index contributed by atoms with van der Waals surface area (Å²) in [6, 6.07) is 11.4. The standard InChI is InChI=1S/C12H8ClN3S.ClH/c13-8-3-5-9(6-4-8)15-12-16-10-2-1-7-14-11(10)17-12;/h1-7H,(H,15,16);1H. The molecule has 0 radical (unpaired) electrons. The number of rotatable bonds is 2. The van der Waals surface area contributed by atoms with E-state index in [1.54, 1.807) is 6.20 Å². The summed E-state index contributed by atoms with van der Waals surface area (Å²) in [7, 11) is 0. The molecule has 6 heteroatoms. The van der Waals surface area contributed by atoms with Crippen LogP contribution in [0.2, 0.25) is 5.02 Å². The Labute approximate surface area is 119 Å². The molecule has 0 saturated heterocycles. The van der Waals surface area contributed by atoms with Crippen LogP contribution in [0.3, 0.4) is 0 Å². The van der Waals surface area contributed by atoms with Crippen LogP contribution in [0.1, 0.15) is 0 Å². The van der Waals surface area contributed by atoms with Gasteiger partial charge >= 0.3 is 0 Å². The van der Waals surface area contributed by atoms with Crippen molar-refractivity contribution in [2.45, 2.75) is 0 Å². The Morgan fingerprint density at radius 3 is 2.61 bits per heavy atom. The second-order valence-corrected chi connectivity index (χ2v) is 4.89. The van der Waals surface area contributed by atoms with Crippen molar-refractivity contribution >= 4 is 56.5 Å². The normalized spacial score (nSPS) is 10.1. The van der Waals surface area contributed by atoms with Crippen molar-refractivity contribution in [2.75, 3.05) is 5.32 Å². The second kappa shape index (κ2) is 5.52. The van der Waals surface area contributed by atoms with Gasteiger partial charge < -0.3 is 5.32 Å². The molecule has 0 amide bonds. The molecule has 18 heavy (non-hydrogen) atoms. The smallest absolute Gasteiger partial charge is 0.189 e. The van der Waals surface area contributed by atoms with Crippen LogP contribution in [0.25, 0.3) is 10.3 Å². The number of pyridine rings is 1. The van der Waals surface area contributed by atoms with E-state index in [9.17, 15) is 0 Å². The van der Waals surface area contributed by atoms with Crippen LogP contribution in [-0.4, -0.2) is 9.97 Å². The maximum Gasteiger partial charge on any atom is 0.189 e. The molecule has 0 unspecified atom stereocenters. The average Bonchev–Trinajstić information content (AvgIpc) is 2.74. The first-order valence-electron chi connectivity index (χ1n) is 5.05. The van der Waals surface area contributed by atoms with Gasteiger partial charge in [-0.25, -0.2) is 9.97 Å². The van der Waals surface area contributed by atoms with Crippen molar-refractivity contribution in [2.24, 2.45) is 0 Å². The molecule has 1 N–H and O–H groups in total. The highest BCUT2D eigenvalue weighted by Crippen LogP contribution is 2.26. The summed E-state index contributed by atoms with van der Waals surface area (Å²) >= 11 is 7.36. The molecule has 3 rings (SSSR count). The van der Waals surface area contributed by atoms with Crippen molar-refractivity contribution in [3.63, 3.8) is 0 Å².